The second kappa shape index (κ2) is 9.03. The molecule has 0 spiro atoms. The molecule has 31 heavy (non-hydrogen) atoms. The number of ether oxygens (including phenoxy) is 1. The predicted octanol–water partition coefficient (Wildman–Crippen LogP) is 3.52. The zero-order valence-corrected chi connectivity index (χ0v) is 18.4. The molecule has 2 aromatic rings. The molecule has 10 heteroatoms. The molecular weight excluding hydrogens is 422 g/mol. The number of nitrogens with one attached hydrogen (secondary N) is 1. The first-order valence-electron chi connectivity index (χ1n) is 9.85. The molecular formula is C21H25N3O6S. The third-order valence-electron chi connectivity index (χ3n) is 5.22. The molecule has 0 radical (unpaired) electrons. The van der Waals surface area contributed by atoms with Crippen LogP contribution in [0.1, 0.15) is 30.6 Å². The third kappa shape index (κ3) is 5.02. The number of carbonyl (C=O) groups excluding carboxylic acids is 1. The van der Waals surface area contributed by atoms with Crippen molar-refractivity contribution < 1.29 is 22.9 Å². The van der Waals surface area contributed by atoms with Crippen LogP contribution in [0.5, 0.6) is 5.75 Å². The number of nitro benzene ring substituents is 1. The number of rotatable bonds is 6. The van der Waals surface area contributed by atoms with Gasteiger partial charge in [0, 0.05) is 30.4 Å². The van der Waals surface area contributed by atoms with Gasteiger partial charge in [0.25, 0.3) is 5.91 Å². The summed E-state index contributed by atoms with van der Waals surface area (Å²) in [6.07, 6.45) is 1.00. The van der Waals surface area contributed by atoms with Crippen LogP contribution in [0, 0.1) is 22.0 Å². The summed E-state index contributed by atoms with van der Waals surface area (Å²) in [5.74, 6) is 0.0915. The van der Waals surface area contributed by atoms with Crippen LogP contribution in [-0.4, -0.2) is 43.8 Å². The van der Waals surface area contributed by atoms with Gasteiger partial charge in [-0.25, -0.2) is 8.42 Å². The number of nitrogens with zero attached hydrogens (tertiary/aromatic N) is 2. The van der Waals surface area contributed by atoms with Crippen molar-refractivity contribution in [3.8, 4) is 5.75 Å². The van der Waals surface area contributed by atoms with Crippen LogP contribution in [0.3, 0.4) is 0 Å². The van der Waals surface area contributed by atoms with Gasteiger partial charge in [0.15, 0.2) is 5.75 Å². The lowest BCUT2D eigenvalue weighted by atomic mass is 9.94. The van der Waals surface area contributed by atoms with E-state index >= 15 is 0 Å². The van der Waals surface area contributed by atoms with Crippen molar-refractivity contribution in [2.24, 2.45) is 11.8 Å². The summed E-state index contributed by atoms with van der Waals surface area (Å²) >= 11 is 0. The summed E-state index contributed by atoms with van der Waals surface area (Å²) in [7, 11) is -2.31. The standard InChI is InChI=1S/C21H25N3O6S/c1-14-10-15(2)13-23(12-14)31(28,29)18-7-5-17(6-8-18)22-21(25)16-4-9-20(30-3)19(11-16)24(26)27/h4-9,11,14-15H,10,12-13H2,1-3H3,(H,22,25)/t14-,15-/m1/s1. The predicted molar refractivity (Wildman–Crippen MR) is 116 cm³/mol. The molecule has 166 valence electrons. The van der Waals surface area contributed by atoms with E-state index in [1.54, 1.807) is 0 Å². The van der Waals surface area contributed by atoms with E-state index in [-0.39, 0.29) is 21.9 Å². The van der Waals surface area contributed by atoms with Gasteiger partial charge >= 0.3 is 5.69 Å². The highest BCUT2D eigenvalue weighted by Gasteiger charge is 2.31. The monoisotopic (exact) mass is 447 g/mol. The fraction of sp³-hybridized carbons (Fsp3) is 0.381. The van der Waals surface area contributed by atoms with E-state index in [1.165, 1.54) is 47.8 Å². The molecule has 3 rings (SSSR count). The second-order valence-corrected chi connectivity index (χ2v) is 9.83. The highest BCUT2D eigenvalue weighted by atomic mass is 32.2. The Morgan fingerprint density at radius 1 is 1.13 bits per heavy atom. The molecule has 1 aliphatic heterocycles. The van der Waals surface area contributed by atoms with Crippen LogP contribution in [0.15, 0.2) is 47.4 Å². The number of nitro groups is 1. The van der Waals surface area contributed by atoms with Crippen molar-refractivity contribution in [3.63, 3.8) is 0 Å². The van der Waals surface area contributed by atoms with Gasteiger partial charge in [-0.3, -0.25) is 14.9 Å². The van der Waals surface area contributed by atoms with E-state index in [0.29, 0.717) is 30.6 Å². The van der Waals surface area contributed by atoms with Gasteiger partial charge < -0.3 is 10.1 Å². The van der Waals surface area contributed by atoms with E-state index in [9.17, 15) is 23.3 Å². The summed E-state index contributed by atoms with van der Waals surface area (Å²) in [4.78, 5) is 23.2. The SMILES string of the molecule is COc1ccc(C(=O)Nc2ccc(S(=O)(=O)N3C[C@H](C)C[C@@H](C)C3)cc2)cc1[N+](=O)[O-]. The number of benzene rings is 2. The van der Waals surface area contributed by atoms with Crippen LogP contribution in [0.4, 0.5) is 11.4 Å². The van der Waals surface area contributed by atoms with Crippen molar-refractivity contribution in [1.29, 1.82) is 0 Å². The normalized spacial score (nSPS) is 19.6. The van der Waals surface area contributed by atoms with Gasteiger partial charge in [-0.2, -0.15) is 4.31 Å². The number of hydrogen-bond donors (Lipinski definition) is 1. The molecule has 9 nitrogen and oxygen atoms in total. The highest BCUT2D eigenvalue weighted by Crippen LogP contribution is 2.29. The van der Waals surface area contributed by atoms with Gasteiger partial charge in [0.05, 0.1) is 16.9 Å². The number of piperidine rings is 1. The highest BCUT2D eigenvalue weighted by molar-refractivity contribution is 7.89. The lowest BCUT2D eigenvalue weighted by molar-refractivity contribution is -0.385. The number of amides is 1. The van der Waals surface area contributed by atoms with Gasteiger partial charge in [-0.05, 0) is 54.7 Å². The second-order valence-electron chi connectivity index (χ2n) is 7.89. The van der Waals surface area contributed by atoms with E-state index in [4.69, 9.17) is 4.74 Å². The molecule has 2 atom stereocenters. The fourth-order valence-corrected chi connectivity index (χ4v) is 5.52. The molecule has 1 N–H and O–H groups in total. The maximum Gasteiger partial charge on any atom is 0.311 e. The molecule has 0 unspecified atom stereocenters. The summed E-state index contributed by atoms with van der Waals surface area (Å²) in [6, 6.07) is 9.80. The van der Waals surface area contributed by atoms with Crippen molar-refractivity contribution in [3.05, 3.63) is 58.1 Å². The average molecular weight is 448 g/mol. The van der Waals surface area contributed by atoms with Gasteiger partial charge in [-0.15, -0.1) is 0 Å². The first-order chi connectivity index (χ1) is 14.6. The van der Waals surface area contributed by atoms with Crippen LogP contribution in [-0.2, 0) is 10.0 Å². The number of sulfonamides is 1. The topological polar surface area (TPSA) is 119 Å². The van der Waals surface area contributed by atoms with Gasteiger partial charge in [0.2, 0.25) is 10.0 Å². The summed E-state index contributed by atoms with van der Waals surface area (Å²) in [5.41, 5.74) is 0.143. The summed E-state index contributed by atoms with van der Waals surface area (Å²) in [6.45, 7) is 5.06. The molecule has 0 aliphatic carbocycles. The van der Waals surface area contributed by atoms with Gasteiger partial charge in [0.1, 0.15) is 0 Å². The number of anilines is 1. The Hall–Kier alpha value is -2.98. The first kappa shape index (κ1) is 22.7. The quantitative estimate of drug-likeness (QED) is 0.535. The number of carbonyl (C=O) groups is 1. The molecule has 0 bridgehead atoms. The Kier molecular flexibility index (Phi) is 6.61. The molecule has 1 amide bonds. The lowest BCUT2D eigenvalue weighted by Gasteiger charge is -2.34. The summed E-state index contributed by atoms with van der Waals surface area (Å²) in [5, 5.41) is 13.8. The molecule has 1 saturated heterocycles. The van der Waals surface area contributed by atoms with Crippen molar-refractivity contribution >= 4 is 27.3 Å². The lowest BCUT2D eigenvalue weighted by Crippen LogP contribution is -2.42. The average Bonchev–Trinajstić information content (AvgIpc) is 2.72. The van der Waals surface area contributed by atoms with Gasteiger partial charge in [-0.1, -0.05) is 13.8 Å². The third-order valence-corrected chi connectivity index (χ3v) is 7.07. The van der Waals surface area contributed by atoms with Crippen LogP contribution in [0.2, 0.25) is 0 Å². The van der Waals surface area contributed by atoms with E-state index in [2.05, 4.69) is 5.32 Å². The smallest absolute Gasteiger partial charge is 0.311 e. The van der Waals surface area contributed by atoms with Crippen LogP contribution >= 0.6 is 0 Å². The largest absolute Gasteiger partial charge is 0.490 e. The minimum atomic E-state index is -3.62. The van der Waals surface area contributed by atoms with Crippen LogP contribution in [0.25, 0.3) is 0 Å². The number of hydrogen-bond acceptors (Lipinski definition) is 6. The molecule has 0 aromatic heterocycles. The maximum absolute atomic E-state index is 13.0. The molecule has 1 heterocycles. The molecule has 1 aliphatic rings. The molecule has 0 saturated carbocycles. The maximum atomic E-state index is 13.0. The Morgan fingerprint density at radius 2 is 1.74 bits per heavy atom. The van der Waals surface area contributed by atoms with E-state index in [1.807, 2.05) is 13.8 Å². The van der Waals surface area contributed by atoms with Crippen molar-refractivity contribution in [2.75, 3.05) is 25.5 Å². The van der Waals surface area contributed by atoms with Crippen molar-refractivity contribution in [1.82, 2.24) is 4.31 Å². The minimum Gasteiger partial charge on any atom is -0.490 e. The summed E-state index contributed by atoms with van der Waals surface area (Å²) < 4.78 is 32.4. The Balaban J connectivity index is 1.75. The van der Waals surface area contributed by atoms with E-state index in [0.717, 1.165) is 12.5 Å². The Morgan fingerprint density at radius 3 is 2.29 bits per heavy atom. The Bertz CT molecular complexity index is 1070. The van der Waals surface area contributed by atoms with Crippen molar-refractivity contribution in [2.45, 2.75) is 25.2 Å². The number of methoxy groups -OCH3 is 1. The molecule has 2 aromatic carbocycles. The van der Waals surface area contributed by atoms with Crippen LogP contribution < -0.4 is 10.1 Å². The van der Waals surface area contributed by atoms with E-state index < -0.39 is 20.9 Å². The minimum absolute atomic E-state index is 0.0532. The Labute approximate surface area is 181 Å². The molecule has 1 fully saturated rings. The zero-order chi connectivity index (χ0) is 22.8. The zero-order valence-electron chi connectivity index (χ0n) is 17.6. The fourth-order valence-electron chi connectivity index (χ4n) is 3.84. The first-order valence-corrected chi connectivity index (χ1v) is 11.3.